The lowest BCUT2D eigenvalue weighted by Gasteiger charge is -2.04. The zero-order chi connectivity index (χ0) is 13.8. The Morgan fingerprint density at radius 1 is 0.947 bits per heavy atom. The van der Waals surface area contributed by atoms with Gasteiger partial charge in [0.1, 0.15) is 11.4 Å². The van der Waals surface area contributed by atoms with E-state index in [1.165, 1.54) is 11.1 Å². The van der Waals surface area contributed by atoms with Gasteiger partial charge < -0.3 is 10.5 Å². The number of azo groups is 1. The third-order valence-corrected chi connectivity index (χ3v) is 2.97. The summed E-state index contributed by atoms with van der Waals surface area (Å²) >= 11 is 0. The van der Waals surface area contributed by atoms with Gasteiger partial charge in [-0.1, -0.05) is 6.07 Å². The topological polar surface area (TPSA) is 60.0 Å². The standard InChI is InChI=1S/C15H17N3O/c1-10-4-6-13(8-11(10)2)17-18-14-7-5-12(16)9-15(14)19-3/h4-9H,16H2,1-3H3/b18-17+. The zero-order valence-electron chi connectivity index (χ0n) is 11.3. The molecule has 0 spiro atoms. The van der Waals surface area contributed by atoms with E-state index in [1.807, 2.05) is 18.2 Å². The monoisotopic (exact) mass is 255 g/mol. The molecule has 98 valence electrons. The van der Waals surface area contributed by atoms with Crippen LogP contribution in [0.1, 0.15) is 11.1 Å². The lowest BCUT2D eigenvalue weighted by atomic mass is 10.1. The molecule has 2 rings (SSSR count). The molecule has 0 amide bonds. The van der Waals surface area contributed by atoms with E-state index in [2.05, 4.69) is 24.1 Å². The number of nitrogen functional groups attached to an aromatic ring is 1. The molecule has 0 fully saturated rings. The van der Waals surface area contributed by atoms with Crippen LogP contribution in [0.15, 0.2) is 46.6 Å². The summed E-state index contributed by atoms with van der Waals surface area (Å²) in [5, 5.41) is 8.42. The van der Waals surface area contributed by atoms with Crippen molar-refractivity contribution in [3.8, 4) is 5.75 Å². The van der Waals surface area contributed by atoms with Gasteiger partial charge >= 0.3 is 0 Å². The number of anilines is 1. The highest BCUT2D eigenvalue weighted by Gasteiger charge is 2.02. The highest BCUT2D eigenvalue weighted by atomic mass is 16.5. The van der Waals surface area contributed by atoms with Crippen LogP contribution < -0.4 is 10.5 Å². The first-order chi connectivity index (χ1) is 9.10. The summed E-state index contributed by atoms with van der Waals surface area (Å²) in [6.07, 6.45) is 0. The second-order valence-electron chi connectivity index (χ2n) is 4.40. The zero-order valence-corrected chi connectivity index (χ0v) is 11.3. The molecule has 0 unspecified atom stereocenters. The Morgan fingerprint density at radius 3 is 2.42 bits per heavy atom. The molecule has 2 aromatic carbocycles. The lowest BCUT2D eigenvalue weighted by Crippen LogP contribution is -1.87. The Hall–Kier alpha value is -2.36. The highest BCUT2D eigenvalue weighted by molar-refractivity contribution is 5.59. The maximum absolute atomic E-state index is 5.69. The molecule has 4 nitrogen and oxygen atoms in total. The van der Waals surface area contributed by atoms with Gasteiger partial charge in [-0.25, -0.2) is 0 Å². The van der Waals surface area contributed by atoms with Gasteiger partial charge in [-0.2, -0.15) is 5.11 Å². The summed E-state index contributed by atoms with van der Waals surface area (Å²) in [4.78, 5) is 0. The molecule has 0 radical (unpaired) electrons. The van der Waals surface area contributed by atoms with Crippen LogP contribution >= 0.6 is 0 Å². The van der Waals surface area contributed by atoms with Gasteiger partial charge in [0.2, 0.25) is 0 Å². The van der Waals surface area contributed by atoms with Crippen molar-refractivity contribution in [2.75, 3.05) is 12.8 Å². The predicted octanol–water partition coefficient (Wildman–Crippen LogP) is 4.31. The molecule has 0 aliphatic rings. The van der Waals surface area contributed by atoms with Crippen molar-refractivity contribution in [3.63, 3.8) is 0 Å². The van der Waals surface area contributed by atoms with Crippen molar-refractivity contribution in [1.82, 2.24) is 0 Å². The molecule has 0 bridgehead atoms. The summed E-state index contributed by atoms with van der Waals surface area (Å²) in [6.45, 7) is 4.12. The molecule has 2 aromatic rings. The van der Waals surface area contributed by atoms with Crippen LogP contribution in [0, 0.1) is 13.8 Å². The molecule has 19 heavy (non-hydrogen) atoms. The SMILES string of the molecule is COc1cc(N)ccc1/N=N/c1ccc(C)c(C)c1. The predicted molar refractivity (Wildman–Crippen MR) is 77.5 cm³/mol. The van der Waals surface area contributed by atoms with Crippen molar-refractivity contribution in [2.45, 2.75) is 13.8 Å². The average molecular weight is 255 g/mol. The summed E-state index contributed by atoms with van der Waals surface area (Å²) in [5.41, 5.74) is 10.3. The molecule has 0 aliphatic carbocycles. The number of nitrogens with two attached hydrogens (primary N) is 1. The third-order valence-electron chi connectivity index (χ3n) is 2.97. The summed E-state index contributed by atoms with van der Waals surface area (Å²) < 4.78 is 5.22. The van der Waals surface area contributed by atoms with Crippen LogP contribution in [0.3, 0.4) is 0 Å². The Morgan fingerprint density at radius 2 is 1.74 bits per heavy atom. The van der Waals surface area contributed by atoms with E-state index in [9.17, 15) is 0 Å². The smallest absolute Gasteiger partial charge is 0.148 e. The molecule has 0 aliphatic heterocycles. The van der Waals surface area contributed by atoms with E-state index in [0.29, 0.717) is 17.1 Å². The highest BCUT2D eigenvalue weighted by Crippen LogP contribution is 2.31. The molecular formula is C15H17N3O. The molecule has 0 heterocycles. The quantitative estimate of drug-likeness (QED) is 0.656. The van der Waals surface area contributed by atoms with Crippen LogP contribution in [-0.2, 0) is 0 Å². The maximum Gasteiger partial charge on any atom is 0.148 e. The molecule has 4 heteroatoms. The van der Waals surface area contributed by atoms with Crippen molar-refractivity contribution in [1.29, 1.82) is 0 Å². The van der Waals surface area contributed by atoms with Gasteiger partial charge in [0.15, 0.2) is 0 Å². The van der Waals surface area contributed by atoms with Crippen LogP contribution in [0.2, 0.25) is 0 Å². The van der Waals surface area contributed by atoms with Crippen molar-refractivity contribution < 1.29 is 4.74 Å². The average Bonchev–Trinajstić information content (AvgIpc) is 2.41. The third kappa shape index (κ3) is 3.10. The number of methoxy groups -OCH3 is 1. The minimum absolute atomic E-state index is 0.618. The van der Waals surface area contributed by atoms with E-state index in [4.69, 9.17) is 10.5 Å². The minimum Gasteiger partial charge on any atom is -0.494 e. The number of aryl methyl sites for hydroxylation is 2. The van der Waals surface area contributed by atoms with Gasteiger partial charge in [0.25, 0.3) is 0 Å². The van der Waals surface area contributed by atoms with Gasteiger partial charge in [-0.05, 0) is 49.2 Å². The fraction of sp³-hybridized carbons (Fsp3) is 0.200. The Bertz CT molecular complexity index is 621. The van der Waals surface area contributed by atoms with Crippen molar-refractivity contribution in [2.24, 2.45) is 10.2 Å². The molecule has 0 atom stereocenters. The van der Waals surface area contributed by atoms with Crippen LogP contribution in [0.4, 0.5) is 17.1 Å². The summed E-state index contributed by atoms with van der Waals surface area (Å²) in [7, 11) is 1.59. The van der Waals surface area contributed by atoms with Crippen LogP contribution in [-0.4, -0.2) is 7.11 Å². The molecular weight excluding hydrogens is 238 g/mol. The van der Waals surface area contributed by atoms with E-state index in [-0.39, 0.29) is 0 Å². The van der Waals surface area contributed by atoms with Gasteiger partial charge in [0, 0.05) is 11.8 Å². The maximum atomic E-state index is 5.69. The number of nitrogens with zero attached hydrogens (tertiary/aromatic N) is 2. The first kappa shape index (κ1) is 13.1. The summed E-state index contributed by atoms with van der Waals surface area (Å²) in [5.74, 6) is 0.618. The van der Waals surface area contributed by atoms with E-state index < -0.39 is 0 Å². The fourth-order valence-corrected chi connectivity index (χ4v) is 1.68. The number of benzene rings is 2. The number of hydrogen-bond acceptors (Lipinski definition) is 4. The van der Waals surface area contributed by atoms with E-state index in [0.717, 1.165) is 5.69 Å². The van der Waals surface area contributed by atoms with Crippen LogP contribution in [0.25, 0.3) is 0 Å². The van der Waals surface area contributed by atoms with E-state index in [1.54, 1.807) is 25.3 Å². The minimum atomic E-state index is 0.618. The Balaban J connectivity index is 2.29. The van der Waals surface area contributed by atoms with Crippen molar-refractivity contribution >= 4 is 17.1 Å². The molecule has 2 N–H and O–H groups in total. The van der Waals surface area contributed by atoms with Gasteiger partial charge in [-0.15, -0.1) is 5.11 Å². The first-order valence-corrected chi connectivity index (χ1v) is 6.02. The normalized spacial score (nSPS) is 10.9. The summed E-state index contributed by atoms with van der Waals surface area (Å²) in [6, 6.07) is 11.3. The number of rotatable bonds is 3. The Labute approximate surface area is 112 Å². The van der Waals surface area contributed by atoms with E-state index >= 15 is 0 Å². The first-order valence-electron chi connectivity index (χ1n) is 6.02. The van der Waals surface area contributed by atoms with Gasteiger partial charge in [0.05, 0.1) is 12.8 Å². The lowest BCUT2D eigenvalue weighted by molar-refractivity contribution is 0.416. The van der Waals surface area contributed by atoms with Crippen molar-refractivity contribution in [3.05, 3.63) is 47.5 Å². The molecule has 0 aromatic heterocycles. The second-order valence-corrected chi connectivity index (χ2v) is 4.40. The fourth-order valence-electron chi connectivity index (χ4n) is 1.68. The number of ether oxygens (including phenoxy) is 1. The molecule has 0 saturated heterocycles. The number of hydrogen-bond donors (Lipinski definition) is 1. The second kappa shape index (κ2) is 5.52. The molecule has 0 saturated carbocycles. The van der Waals surface area contributed by atoms with Crippen LogP contribution in [0.5, 0.6) is 5.75 Å². The largest absolute Gasteiger partial charge is 0.494 e. The Kier molecular flexibility index (Phi) is 3.80. The van der Waals surface area contributed by atoms with Gasteiger partial charge in [-0.3, -0.25) is 0 Å².